The van der Waals surface area contributed by atoms with Crippen LogP contribution in [0.3, 0.4) is 0 Å². The van der Waals surface area contributed by atoms with Crippen molar-refractivity contribution in [3.63, 3.8) is 0 Å². The van der Waals surface area contributed by atoms with Gasteiger partial charge in [0.25, 0.3) is 0 Å². The predicted molar refractivity (Wildman–Crippen MR) is 281 cm³/mol. The average Bonchev–Trinajstić information content (AvgIpc) is 4.10. The van der Waals surface area contributed by atoms with Crippen LogP contribution in [0.2, 0.25) is 0 Å². The van der Waals surface area contributed by atoms with Gasteiger partial charge in [-0.3, -0.25) is 0 Å². The number of benzene rings is 11. The van der Waals surface area contributed by atoms with Crippen molar-refractivity contribution >= 4 is 102 Å². The van der Waals surface area contributed by atoms with E-state index in [2.05, 4.69) is 111 Å². The molecule has 4 nitrogen and oxygen atoms in total. The molecule has 0 aliphatic rings. The summed E-state index contributed by atoms with van der Waals surface area (Å²) in [7, 11) is 0. The number of nitrogens with zero attached hydrogens (tertiary/aromatic N) is 4. The first-order valence-corrected chi connectivity index (χ1v) is 22.9. The fraction of sp³-hybridized carbons (Fsp3) is 0. The summed E-state index contributed by atoms with van der Waals surface area (Å²) < 4.78 is 42.9. The lowest BCUT2D eigenvalue weighted by Gasteiger charge is -2.26. The molecule has 5 heteroatoms. The minimum absolute atomic E-state index is 0.100. The van der Waals surface area contributed by atoms with Crippen LogP contribution in [0, 0.1) is 17.9 Å². The third-order valence-electron chi connectivity index (χ3n) is 13.6. The van der Waals surface area contributed by atoms with E-state index >= 15 is 0 Å². The first-order chi connectivity index (χ1) is 34.9. The van der Waals surface area contributed by atoms with Gasteiger partial charge in [-0.25, -0.2) is 4.85 Å². The predicted octanol–water partition coefficient (Wildman–Crippen LogP) is 17.4. The molecular weight excluding hydrogens is 833 g/mol. The van der Waals surface area contributed by atoms with Gasteiger partial charge in [0.2, 0.25) is 5.69 Å². The number of aromatic nitrogens is 2. The Kier molecular flexibility index (Phi) is 7.13. The van der Waals surface area contributed by atoms with Crippen LogP contribution in [0.15, 0.2) is 206 Å². The maximum absolute atomic E-state index is 12.1. The molecular formula is C62H34N4S. The second-order valence-corrected chi connectivity index (χ2v) is 18.0. The highest BCUT2D eigenvalue weighted by Gasteiger charge is 2.33. The largest absolute Gasteiger partial charge is 0.318 e. The Morgan fingerprint density at radius 1 is 0.478 bits per heavy atom. The van der Waals surface area contributed by atoms with Crippen LogP contribution in [-0.4, -0.2) is 9.13 Å². The van der Waals surface area contributed by atoms with E-state index in [9.17, 15) is 14.6 Å². The SMILES string of the molecule is [2H]c1c([2H])c([2H])c2c3cccc4c3c3c(cccc3n4-c3c([N+]#[C-])c(-c4ccccc4)c(C#N)c(-n4c5cccc(-c6ccccc6)c5c5ccc6c7ccccc7sc6c54)c3-c3ccccc3)c2c1[2H]. The average molecular weight is 871 g/mol. The zero-order valence-electron chi connectivity index (χ0n) is 39.5. The summed E-state index contributed by atoms with van der Waals surface area (Å²) in [5.41, 5.74) is 10.1. The molecule has 67 heavy (non-hydrogen) atoms. The van der Waals surface area contributed by atoms with Crippen LogP contribution in [-0.2, 0) is 0 Å². The zero-order chi connectivity index (χ0) is 47.8. The minimum atomic E-state index is -0.291. The Hall–Kier alpha value is -9.00. The standard InChI is InChI=1S/C62H34N4S/c1-64-58-53(38-20-7-3-8-21-38)48(36-63)59(66-49-30-15-27-40(37-18-5-2-6-19-37)55(49)47-35-34-46-43-26-13-14-33-52(43)67-62(46)60(47)66)54(39-22-9-4-10-23-39)61(58)65-50-31-16-28-44-41-24-11-12-25-42(41)45-29-17-32-51(65)57(45)56(44)50/h2-35H/i11D,12D,24D,25D. The van der Waals surface area contributed by atoms with E-state index in [-0.39, 0.29) is 24.2 Å². The summed E-state index contributed by atoms with van der Waals surface area (Å²) in [6, 6.07) is 63.5. The van der Waals surface area contributed by atoms with Crippen LogP contribution in [0.4, 0.5) is 5.69 Å². The molecule has 0 saturated heterocycles. The van der Waals surface area contributed by atoms with Crippen molar-refractivity contribution in [3.8, 4) is 50.8 Å². The molecule has 0 amide bonds. The molecule has 0 atom stereocenters. The first kappa shape index (κ1) is 33.5. The maximum atomic E-state index is 12.1. The summed E-state index contributed by atoms with van der Waals surface area (Å²) in [4.78, 5) is 4.50. The van der Waals surface area contributed by atoms with Gasteiger partial charge < -0.3 is 9.13 Å². The van der Waals surface area contributed by atoms with Crippen molar-refractivity contribution in [2.24, 2.45) is 0 Å². The molecule has 0 aliphatic heterocycles. The van der Waals surface area contributed by atoms with Crippen molar-refractivity contribution < 1.29 is 5.48 Å². The first-order valence-electron chi connectivity index (χ1n) is 24.1. The molecule has 11 aromatic carbocycles. The molecule has 14 aromatic rings. The Bertz CT molecular complexity index is 4590. The van der Waals surface area contributed by atoms with Crippen LogP contribution in [0.25, 0.3) is 135 Å². The van der Waals surface area contributed by atoms with E-state index in [1.165, 1.54) is 0 Å². The fourth-order valence-electron chi connectivity index (χ4n) is 11.0. The van der Waals surface area contributed by atoms with E-state index in [0.29, 0.717) is 55.3 Å². The number of nitriles is 1. The molecule has 0 radical (unpaired) electrons. The maximum Gasteiger partial charge on any atom is 0.220 e. The number of thiophene rings is 1. The van der Waals surface area contributed by atoms with Gasteiger partial charge in [-0.1, -0.05) is 182 Å². The topological polar surface area (TPSA) is 38.0 Å². The lowest BCUT2D eigenvalue weighted by Crippen LogP contribution is -2.08. The quantitative estimate of drug-likeness (QED) is 0.125. The van der Waals surface area contributed by atoms with Crippen LogP contribution >= 0.6 is 11.3 Å². The number of hydrogen-bond donors (Lipinski definition) is 0. The van der Waals surface area contributed by atoms with Gasteiger partial charge in [0.15, 0.2) is 0 Å². The summed E-state index contributed by atoms with van der Waals surface area (Å²) in [5, 5.41) is 20.3. The van der Waals surface area contributed by atoms with Crippen molar-refractivity contribution in [2.75, 3.05) is 0 Å². The van der Waals surface area contributed by atoms with Crippen LogP contribution in [0.5, 0.6) is 0 Å². The van der Waals surface area contributed by atoms with Crippen molar-refractivity contribution in [1.29, 1.82) is 5.26 Å². The number of rotatable bonds is 5. The molecule has 0 unspecified atom stereocenters. The lowest BCUT2D eigenvalue weighted by atomic mass is 9.88. The van der Waals surface area contributed by atoms with E-state index < -0.39 is 0 Å². The summed E-state index contributed by atoms with van der Waals surface area (Å²) in [5.74, 6) is 0. The van der Waals surface area contributed by atoms with Gasteiger partial charge >= 0.3 is 0 Å². The lowest BCUT2D eigenvalue weighted by molar-refractivity contribution is 1.14. The highest BCUT2D eigenvalue weighted by atomic mass is 32.1. The third-order valence-corrected chi connectivity index (χ3v) is 14.8. The highest BCUT2D eigenvalue weighted by molar-refractivity contribution is 7.26. The van der Waals surface area contributed by atoms with Crippen molar-refractivity contribution in [1.82, 2.24) is 9.13 Å². The molecule has 0 fully saturated rings. The van der Waals surface area contributed by atoms with Gasteiger partial charge in [0.1, 0.15) is 6.07 Å². The third kappa shape index (κ3) is 5.09. The van der Waals surface area contributed by atoms with Crippen molar-refractivity contribution in [3.05, 3.63) is 223 Å². The van der Waals surface area contributed by atoms with E-state index in [0.717, 1.165) is 86.0 Å². The Morgan fingerprint density at radius 3 is 1.64 bits per heavy atom. The molecule has 0 aliphatic carbocycles. The second kappa shape index (κ2) is 14.2. The summed E-state index contributed by atoms with van der Waals surface area (Å²) >= 11 is 1.74. The number of fused-ring (bicyclic) bond motifs is 10. The molecule has 0 bridgehead atoms. The van der Waals surface area contributed by atoms with Gasteiger partial charge in [0.05, 0.1) is 55.8 Å². The molecule has 308 valence electrons. The smallest absolute Gasteiger partial charge is 0.220 e. The van der Waals surface area contributed by atoms with E-state index in [1.807, 2.05) is 91.0 Å². The zero-order valence-corrected chi connectivity index (χ0v) is 36.3. The summed E-state index contributed by atoms with van der Waals surface area (Å²) in [6.07, 6.45) is 0. The molecule has 3 aromatic heterocycles. The minimum Gasteiger partial charge on any atom is -0.318 e. The summed E-state index contributed by atoms with van der Waals surface area (Å²) in [6.45, 7) is 9.34. The van der Waals surface area contributed by atoms with Gasteiger partial charge in [-0.15, -0.1) is 11.3 Å². The van der Waals surface area contributed by atoms with Crippen LogP contribution in [0.1, 0.15) is 11.0 Å². The molecule has 14 rings (SSSR count). The molecule has 0 N–H and O–H groups in total. The van der Waals surface area contributed by atoms with Crippen molar-refractivity contribution in [2.45, 2.75) is 0 Å². The normalized spacial score (nSPS) is 12.7. The Balaban J connectivity index is 1.28. The molecule has 0 spiro atoms. The number of hydrogen-bond acceptors (Lipinski definition) is 2. The fourth-order valence-corrected chi connectivity index (χ4v) is 12.3. The molecule has 0 saturated carbocycles. The van der Waals surface area contributed by atoms with E-state index in [1.54, 1.807) is 11.3 Å². The van der Waals surface area contributed by atoms with Gasteiger partial charge in [-0.05, 0) is 68.1 Å². The Morgan fingerprint density at radius 2 is 1.01 bits per heavy atom. The second-order valence-electron chi connectivity index (χ2n) is 16.9. The van der Waals surface area contributed by atoms with Crippen LogP contribution < -0.4 is 0 Å². The van der Waals surface area contributed by atoms with E-state index in [4.69, 9.17) is 2.74 Å². The Labute approximate surface area is 394 Å². The monoisotopic (exact) mass is 870 g/mol. The molecule has 3 heterocycles. The van der Waals surface area contributed by atoms with Gasteiger partial charge in [0, 0.05) is 48.1 Å². The van der Waals surface area contributed by atoms with Gasteiger partial charge in [-0.2, -0.15) is 5.26 Å². The highest BCUT2D eigenvalue weighted by Crippen LogP contribution is 2.55.